The highest BCUT2D eigenvalue weighted by Crippen LogP contribution is 2.29. The molecule has 0 saturated carbocycles. The Hall–Kier alpha value is -3.12. The van der Waals surface area contributed by atoms with E-state index < -0.39 is 0 Å². The van der Waals surface area contributed by atoms with Crippen LogP contribution < -0.4 is 15.0 Å². The molecule has 144 valence electrons. The number of aromatic nitrogens is 2. The molecule has 0 amide bonds. The van der Waals surface area contributed by atoms with E-state index in [0.29, 0.717) is 0 Å². The molecule has 1 saturated heterocycles. The fraction of sp³-hybridized carbons (Fsp3) is 0.273. The van der Waals surface area contributed by atoms with Gasteiger partial charge < -0.3 is 19.9 Å². The lowest BCUT2D eigenvalue weighted by Crippen LogP contribution is -2.44. The molecule has 2 heterocycles. The molecule has 1 fully saturated rings. The zero-order valence-corrected chi connectivity index (χ0v) is 16.3. The summed E-state index contributed by atoms with van der Waals surface area (Å²) in [5.74, 6) is 3.20. The lowest BCUT2D eigenvalue weighted by molar-refractivity contribution is 0.312. The zero-order valence-electron chi connectivity index (χ0n) is 16.3. The molecule has 0 radical (unpaired) electrons. The number of para-hydroxylation sites is 2. The number of nitrogens with one attached hydrogen (secondary N) is 1. The van der Waals surface area contributed by atoms with E-state index in [9.17, 15) is 0 Å². The van der Waals surface area contributed by atoms with Crippen molar-refractivity contribution in [3.8, 4) is 17.1 Å². The summed E-state index contributed by atoms with van der Waals surface area (Å²) in [6, 6.07) is 20.0. The number of likely N-dealkylation sites (N-methyl/N-ethyl adjacent to an activating group) is 1. The Kier molecular flexibility index (Phi) is 5.39. The molecule has 4 rings (SSSR count). The molecular formula is C22H25N5O. The van der Waals surface area contributed by atoms with E-state index in [0.717, 1.165) is 60.6 Å². The summed E-state index contributed by atoms with van der Waals surface area (Å²) in [6.45, 7) is 3.96. The fourth-order valence-electron chi connectivity index (χ4n) is 3.30. The third-order valence-corrected chi connectivity index (χ3v) is 4.94. The second kappa shape index (κ2) is 8.27. The highest BCUT2D eigenvalue weighted by Gasteiger charge is 2.18. The number of hydrogen-bond donors (Lipinski definition) is 1. The maximum absolute atomic E-state index is 5.47. The molecule has 1 aliphatic heterocycles. The van der Waals surface area contributed by atoms with Crippen LogP contribution in [0.1, 0.15) is 0 Å². The maximum atomic E-state index is 5.47. The molecule has 6 nitrogen and oxygen atoms in total. The molecule has 0 aliphatic carbocycles. The topological polar surface area (TPSA) is 53.5 Å². The Morgan fingerprint density at radius 2 is 1.61 bits per heavy atom. The molecule has 1 aromatic heterocycles. The van der Waals surface area contributed by atoms with Crippen LogP contribution in [0.25, 0.3) is 11.4 Å². The predicted molar refractivity (Wildman–Crippen MR) is 113 cm³/mol. The minimum Gasteiger partial charge on any atom is -0.495 e. The standard InChI is InChI=1S/C22H25N5O/c1-26-12-14-27(15-13-26)21-16-20(23-18-10-6-7-11-19(18)28-2)24-22(25-21)17-8-4-3-5-9-17/h3-11,16H,12-15H2,1-2H3,(H,23,24,25). The first-order valence-electron chi connectivity index (χ1n) is 9.51. The van der Waals surface area contributed by atoms with Crippen LogP contribution in [-0.2, 0) is 0 Å². The number of ether oxygens (including phenoxy) is 1. The first-order chi connectivity index (χ1) is 13.7. The van der Waals surface area contributed by atoms with Gasteiger partial charge in [0, 0.05) is 37.8 Å². The number of piperazine rings is 1. The minimum atomic E-state index is 0.717. The van der Waals surface area contributed by atoms with Crippen molar-refractivity contribution in [3.63, 3.8) is 0 Å². The van der Waals surface area contributed by atoms with Crippen molar-refractivity contribution in [2.75, 3.05) is 50.6 Å². The van der Waals surface area contributed by atoms with E-state index in [1.54, 1.807) is 7.11 Å². The van der Waals surface area contributed by atoms with Gasteiger partial charge in [-0.2, -0.15) is 0 Å². The first-order valence-corrected chi connectivity index (χ1v) is 9.51. The highest BCUT2D eigenvalue weighted by molar-refractivity contribution is 5.68. The van der Waals surface area contributed by atoms with Gasteiger partial charge in [-0.3, -0.25) is 0 Å². The van der Waals surface area contributed by atoms with Gasteiger partial charge in [-0.25, -0.2) is 9.97 Å². The van der Waals surface area contributed by atoms with Crippen molar-refractivity contribution in [2.24, 2.45) is 0 Å². The van der Waals surface area contributed by atoms with Gasteiger partial charge in [0.2, 0.25) is 0 Å². The Bertz CT molecular complexity index is 923. The summed E-state index contributed by atoms with van der Waals surface area (Å²) < 4.78 is 5.47. The monoisotopic (exact) mass is 375 g/mol. The van der Waals surface area contributed by atoms with Gasteiger partial charge in [-0.1, -0.05) is 42.5 Å². The molecular weight excluding hydrogens is 350 g/mol. The second-order valence-electron chi connectivity index (χ2n) is 6.92. The van der Waals surface area contributed by atoms with Crippen LogP contribution >= 0.6 is 0 Å². The van der Waals surface area contributed by atoms with E-state index in [2.05, 4.69) is 22.2 Å². The number of methoxy groups -OCH3 is 1. The molecule has 1 aliphatic rings. The average molecular weight is 375 g/mol. The first kappa shape index (κ1) is 18.3. The molecule has 6 heteroatoms. The van der Waals surface area contributed by atoms with Crippen LogP contribution in [0.15, 0.2) is 60.7 Å². The minimum absolute atomic E-state index is 0.717. The summed E-state index contributed by atoms with van der Waals surface area (Å²) in [5, 5.41) is 3.41. The summed E-state index contributed by atoms with van der Waals surface area (Å²) in [6.07, 6.45) is 0. The molecule has 28 heavy (non-hydrogen) atoms. The molecule has 0 atom stereocenters. The lowest BCUT2D eigenvalue weighted by Gasteiger charge is -2.33. The van der Waals surface area contributed by atoms with Gasteiger partial charge in [0.1, 0.15) is 17.4 Å². The number of rotatable bonds is 5. The van der Waals surface area contributed by atoms with Crippen molar-refractivity contribution in [2.45, 2.75) is 0 Å². The zero-order chi connectivity index (χ0) is 19.3. The van der Waals surface area contributed by atoms with Crippen LogP contribution in [-0.4, -0.2) is 55.2 Å². The van der Waals surface area contributed by atoms with Gasteiger partial charge in [-0.05, 0) is 19.2 Å². The molecule has 0 bridgehead atoms. The van der Waals surface area contributed by atoms with Gasteiger partial charge >= 0.3 is 0 Å². The van der Waals surface area contributed by atoms with Crippen LogP contribution in [0.5, 0.6) is 5.75 Å². The molecule has 2 aromatic carbocycles. The van der Waals surface area contributed by atoms with Gasteiger partial charge in [0.15, 0.2) is 5.82 Å². The van der Waals surface area contributed by atoms with Crippen LogP contribution in [0.3, 0.4) is 0 Å². The number of anilines is 3. The third-order valence-electron chi connectivity index (χ3n) is 4.94. The van der Waals surface area contributed by atoms with Crippen molar-refractivity contribution in [1.82, 2.24) is 14.9 Å². The Balaban J connectivity index is 1.71. The van der Waals surface area contributed by atoms with Gasteiger partial charge in [-0.15, -0.1) is 0 Å². The van der Waals surface area contributed by atoms with E-state index in [1.807, 2.05) is 60.7 Å². The lowest BCUT2D eigenvalue weighted by atomic mass is 10.2. The molecule has 1 N–H and O–H groups in total. The van der Waals surface area contributed by atoms with Gasteiger partial charge in [0.05, 0.1) is 12.8 Å². The smallest absolute Gasteiger partial charge is 0.163 e. The van der Waals surface area contributed by atoms with Gasteiger partial charge in [0.25, 0.3) is 0 Å². The van der Waals surface area contributed by atoms with Crippen molar-refractivity contribution < 1.29 is 4.74 Å². The molecule has 0 spiro atoms. The van der Waals surface area contributed by atoms with Crippen LogP contribution in [0.2, 0.25) is 0 Å². The third kappa shape index (κ3) is 4.07. The Morgan fingerprint density at radius 1 is 0.893 bits per heavy atom. The van der Waals surface area contributed by atoms with Crippen molar-refractivity contribution in [1.29, 1.82) is 0 Å². The quantitative estimate of drug-likeness (QED) is 0.735. The van der Waals surface area contributed by atoms with E-state index >= 15 is 0 Å². The Labute approximate surface area is 165 Å². The maximum Gasteiger partial charge on any atom is 0.163 e. The second-order valence-corrected chi connectivity index (χ2v) is 6.92. The Morgan fingerprint density at radius 3 is 2.36 bits per heavy atom. The number of nitrogens with zero attached hydrogens (tertiary/aromatic N) is 4. The predicted octanol–water partition coefficient (Wildman–Crippen LogP) is 3.65. The van der Waals surface area contributed by atoms with E-state index in [4.69, 9.17) is 14.7 Å². The summed E-state index contributed by atoms with van der Waals surface area (Å²) in [4.78, 5) is 14.3. The van der Waals surface area contributed by atoms with Crippen LogP contribution in [0, 0.1) is 0 Å². The van der Waals surface area contributed by atoms with Crippen molar-refractivity contribution >= 4 is 17.3 Å². The summed E-state index contributed by atoms with van der Waals surface area (Å²) in [5.41, 5.74) is 1.88. The molecule has 3 aromatic rings. The van der Waals surface area contributed by atoms with E-state index in [-0.39, 0.29) is 0 Å². The van der Waals surface area contributed by atoms with Crippen LogP contribution in [0.4, 0.5) is 17.3 Å². The fourth-order valence-corrected chi connectivity index (χ4v) is 3.30. The van der Waals surface area contributed by atoms with Crippen molar-refractivity contribution in [3.05, 3.63) is 60.7 Å². The highest BCUT2D eigenvalue weighted by atomic mass is 16.5. The average Bonchev–Trinajstić information content (AvgIpc) is 2.75. The normalized spacial score (nSPS) is 14.7. The SMILES string of the molecule is COc1ccccc1Nc1cc(N2CCN(C)CC2)nc(-c2ccccc2)n1. The number of benzene rings is 2. The summed E-state index contributed by atoms with van der Waals surface area (Å²) >= 11 is 0. The van der Waals surface area contributed by atoms with E-state index in [1.165, 1.54) is 0 Å². The number of hydrogen-bond acceptors (Lipinski definition) is 6. The largest absolute Gasteiger partial charge is 0.495 e. The summed E-state index contributed by atoms with van der Waals surface area (Å²) in [7, 11) is 3.83. The molecule has 0 unspecified atom stereocenters.